The van der Waals surface area contributed by atoms with E-state index in [0.717, 1.165) is 0 Å². The smallest absolute Gasteiger partial charge is 0.345 e. The number of nitrogens with zero attached hydrogens (tertiary/aromatic N) is 3. The quantitative estimate of drug-likeness (QED) is 0.709. The number of hydrogen-bond acceptors (Lipinski definition) is 2. The van der Waals surface area contributed by atoms with Crippen LogP contribution in [0.25, 0.3) is 16.7 Å². The monoisotopic (exact) mass is 240 g/mol. The molecule has 3 rings (SSSR count). The first-order chi connectivity index (χ1) is 8.04. The number of hydrogen-bond donors (Lipinski definition) is 1. The Labute approximate surface area is 93.1 Å². The van der Waals surface area contributed by atoms with Crippen molar-refractivity contribution in [1.82, 2.24) is 19.4 Å². The van der Waals surface area contributed by atoms with Gasteiger partial charge < -0.3 is 4.98 Å². The van der Waals surface area contributed by atoms with Gasteiger partial charge in [-0.1, -0.05) is 0 Å². The summed E-state index contributed by atoms with van der Waals surface area (Å²) in [5.74, 6) is 0. The van der Waals surface area contributed by atoms with Gasteiger partial charge in [0.05, 0.1) is 29.3 Å². The number of H-pyrrole nitrogens is 1. The Balaban J connectivity index is 2.22. The highest BCUT2D eigenvalue weighted by atomic mass is 19.4. The molecule has 0 unspecified atom stereocenters. The zero-order valence-electron chi connectivity index (χ0n) is 8.49. The minimum Gasteiger partial charge on any atom is -0.345 e. The molecule has 0 aliphatic carbocycles. The van der Waals surface area contributed by atoms with E-state index in [1.54, 1.807) is 16.7 Å². The lowest BCUT2D eigenvalue weighted by Gasteiger charge is -2.03. The van der Waals surface area contributed by atoms with Crippen molar-refractivity contribution in [2.45, 2.75) is 12.6 Å². The van der Waals surface area contributed by atoms with Crippen LogP contribution < -0.4 is 0 Å². The van der Waals surface area contributed by atoms with Gasteiger partial charge in [-0.05, 0) is 6.07 Å². The van der Waals surface area contributed by atoms with Crippen LogP contribution in [0.15, 0.2) is 24.8 Å². The van der Waals surface area contributed by atoms with Crippen molar-refractivity contribution in [2.75, 3.05) is 0 Å². The van der Waals surface area contributed by atoms with Crippen LogP contribution in [0.4, 0.5) is 13.2 Å². The van der Waals surface area contributed by atoms with Crippen LogP contribution >= 0.6 is 0 Å². The zero-order chi connectivity index (χ0) is 12.0. The van der Waals surface area contributed by atoms with Gasteiger partial charge in [0.25, 0.3) is 0 Å². The lowest BCUT2D eigenvalue weighted by atomic mass is 10.3. The molecular formula is C10H7F3N4. The van der Waals surface area contributed by atoms with E-state index in [1.807, 2.05) is 0 Å². The summed E-state index contributed by atoms with van der Waals surface area (Å²) in [6, 6.07) is 1.74. The zero-order valence-corrected chi connectivity index (χ0v) is 8.49. The van der Waals surface area contributed by atoms with Gasteiger partial charge in [0.1, 0.15) is 6.33 Å². The largest absolute Gasteiger partial charge is 0.394 e. The van der Waals surface area contributed by atoms with Crippen LogP contribution in [-0.2, 0) is 6.42 Å². The Bertz CT molecular complexity index is 680. The van der Waals surface area contributed by atoms with Crippen molar-refractivity contribution in [3.05, 3.63) is 30.5 Å². The van der Waals surface area contributed by atoms with Crippen LogP contribution in [0.3, 0.4) is 0 Å². The summed E-state index contributed by atoms with van der Waals surface area (Å²) < 4.78 is 38.6. The van der Waals surface area contributed by atoms with E-state index in [9.17, 15) is 13.2 Å². The Morgan fingerprint density at radius 1 is 1.24 bits per heavy atom. The SMILES string of the molecule is FC(F)(F)Cc1ncn2c1cnc1[nH]ccc12. The van der Waals surface area contributed by atoms with E-state index < -0.39 is 12.6 Å². The molecule has 0 bridgehead atoms. The van der Waals surface area contributed by atoms with E-state index in [4.69, 9.17) is 0 Å². The van der Waals surface area contributed by atoms with E-state index in [1.165, 1.54) is 12.5 Å². The second-order valence-corrected chi connectivity index (χ2v) is 3.71. The first kappa shape index (κ1) is 10.1. The Morgan fingerprint density at radius 2 is 2.06 bits per heavy atom. The fourth-order valence-electron chi connectivity index (χ4n) is 1.83. The molecule has 3 aromatic heterocycles. The molecule has 0 saturated carbocycles. The molecule has 0 atom stereocenters. The summed E-state index contributed by atoms with van der Waals surface area (Å²) >= 11 is 0. The number of aromatic amines is 1. The Hall–Kier alpha value is -2.05. The van der Waals surface area contributed by atoms with Gasteiger partial charge >= 0.3 is 6.18 Å². The van der Waals surface area contributed by atoms with Gasteiger partial charge in [-0.3, -0.25) is 4.40 Å². The second kappa shape index (κ2) is 3.22. The molecule has 3 heterocycles. The van der Waals surface area contributed by atoms with Crippen molar-refractivity contribution < 1.29 is 13.2 Å². The molecular weight excluding hydrogens is 233 g/mol. The van der Waals surface area contributed by atoms with E-state index in [2.05, 4.69) is 15.0 Å². The molecule has 0 radical (unpaired) electrons. The van der Waals surface area contributed by atoms with Crippen LogP contribution in [0.2, 0.25) is 0 Å². The van der Waals surface area contributed by atoms with Gasteiger partial charge in [0.2, 0.25) is 0 Å². The number of fused-ring (bicyclic) bond motifs is 3. The van der Waals surface area contributed by atoms with Crippen molar-refractivity contribution in [3.63, 3.8) is 0 Å². The number of halogens is 3. The lowest BCUT2D eigenvalue weighted by Crippen LogP contribution is -2.12. The molecule has 1 N–H and O–H groups in total. The summed E-state index contributed by atoms with van der Waals surface area (Å²) in [4.78, 5) is 10.7. The van der Waals surface area contributed by atoms with Crippen LogP contribution in [-0.4, -0.2) is 25.5 Å². The molecule has 0 aliphatic rings. The minimum absolute atomic E-state index is 0.00639. The third kappa shape index (κ3) is 1.63. The summed E-state index contributed by atoms with van der Waals surface area (Å²) in [5, 5.41) is 0. The van der Waals surface area contributed by atoms with Crippen LogP contribution in [0.5, 0.6) is 0 Å². The first-order valence-corrected chi connectivity index (χ1v) is 4.89. The van der Waals surface area contributed by atoms with Crippen LogP contribution in [0.1, 0.15) is 5.69 Å². The fourth-order valence-corrected chi connectivity index (χ4v) is 1.83. The normalized spacial score (nSPS) is 12.6. The topological polar surface area (TPSA) is 46.0 Å². The number of imidazole rings is 1. The predicted octanol–water partition coefficient (Wildman–Crippen LogP) is 2.32. The van der Waals surface area contributed by atoms with Crippen molar-refractivity contribution in [3.8, 4) is 0 Å². The van der Waals surface area contributed by atoms with Gasteiger partial charge in [-0.15, -0.1) is 0 Å². The van der Waals surface area contributed by atoms with Gasteiger partial charge in [-0.25, -0.2) is 9.97 Å². The van der Waals surface area contributed by atoms with Crippen molar-refractivity contribution in [2.24, 2.45) is 0 Å². The molecule has 0 aromatic carbocycles. The highest BCUT2D eigenvalue weighted by Gasteiger charge is 2.30. The molecule has 4 nitrogen and oxygen atoms in total. The van der Waals surface area contributed by atoms with Gasteiger partial charge in [0, 0.05) is 6.20 Å². The number of nitrogens with one attached hydrogen (secondary N) is 1. The molecule has 3 aromatic rings. The van der Waals surface area contributed by atoms with Gasteiger partial charge in [0.15, 0.2) is 5.65 Å². The summed E-state index contributed by atoms with van der Waals surface area (Å²) in [7, 11) is 0. The predicted molar refractivity (Wildman–Crippen MR) is 54.6 cm³/mol. The van der Waals surface area contributed by atoms with E-state index in [-0.39, 0.29) is 5.69 Å². The number of aromatic nitrogens is 4. The highest BCUT2D eigenvalue weighted by molar-refractivity contribution is 5.75. The molecule has 88 valence electrons. The molecule has 0 saturated heterocycles. The maximum atomic E-state index is 12.3. The molecule has 0 amide bonds. The molecule has 17 heavy (non-hydrogen) atoms. The second-order valence-electron chi connectivity index (χ2n) is 3.71. The molecule has 0 fully saturated rings. The van der Waals surface area contributed by atoms with E-state index in [0.29, 0.717) is 16.7 Å². The standard InChI is InChI=1S/C10H7F3N4/c11-10(12,13)3-6-8-4-15-9-7(1-2-14-9)17(8)5-16-6/h1-2,4-5,14H,3H2. The van der Waals surface area contributed by atoms with Crippen molar-refractivity contribution >= 4 is 16.7 Å². The molecule has 0 aliphatic heterocycles. The molecule has 7 heteroatoms. The lowest BCUT2D eigenvalue weighted by molar-refractivity contribution is -0.127. The third-order valence-corrected chi connectivity index (χ3v) is 2.53. The first-order valence-electron chi connectivity index (χ1n) is 4.89. The Morgan fingerprint density at radius 3 is 2.82 bits per heavy atom. The summed E-state index contributed by atoms with van der Waals surface area (Å²) in [6.45, 7) is 0. The minimum atomic E-state index is -4.26. The average molecular weight is 240 g/mol. The molecule has 0 spiro atoms. The van der Waals surface area contributed by atoms with Gasteiger partial charge in [-0.2, -0.15) is 13.2 Å². The summed E-state index contributed by atoms with van der Waals surface area (Å²) in [6.07, 6.45) is -0.842. The third-order valence-electron chi connectivity index (χ3n) is 2.53. The fraction of sp³-hybridized carbons (Fsp3) is 0.200. The highest BCUT2D eigenvalue weighted by Crippen LogP contribution is 2.24. The summed E-state index contributed by atoms with van der Waals surface area (Å²) in [5.41, 5.74) is 1.71. The van der Waals surface area contributed by atoms with E-state index >= 15 is 0 Å². The van der Waals surface area contributed by atoms with Crippen LogP contribution in [0, 0.1) is 0 Å². The number of alkyl halides is 3. The number of rotatable bonds is 1. The average Bonchev–Trinajstić information content (AvgIpc) is 2.81. The van der Waals surface area contributed by atoms with Crippen molar-refractivity contribution in [1.29, 1.82) is 0 Å². The maximum Gasteiger partial charge on any atom is 0.394 e. The Kier molecular flexibility index (Phi) is 1.92. The maximum absolute atomic E-state index is 12.3.